The number of unbranched alkanes of at least 4 members (excludes halogenated alkanes) is 1. The number of aryl methyl sites for hydroxylation is 1. The van der Waals surface area contributed by atoms with Gasteiger partial charge in [-0.15, -0.1) is 0 Å². The predicted molar refractivity (Wildman–Crippen MR) is 125 cm³/mol. The Kier molecular flexibility index (Phi) is 6.07. The fourth-order valence-electron chi connectivity index (χ4n) is 5.02. The number of hydrogen-bond donors (Lipinski definition) is 0. The van der Waals surface area contributed by atoms with Crippen LogP contribution in [0.5, 0.6) is 0 Å². The molecule has 0 amide bonds. The molecule has 0 radical (unpaired) electrons. The van der Waals surface area contributed by atoms with Gasteiger partial charge in [-0.25, -0.2) is 12.7 Å². The number of anilines is 1. The fourth-order valence-corrected chi connectivity index (χ4v) is 6.41. The number of carbonyl (C=O) groups is 1. The second-order valence-electron chi connectivity index (χ2n) is 8.78. The molecule has 4 rings (SSSR count). The van der Waals surface area contributed by atoms with E-state index < -0.39 is 15.4 Å². The molecule has 1 saturated carbocycles. The highest BCUT2D eigenvalue weighted by molar-refractivity contribution is 7.93. The van der Waals surface area contributed by atoms with Gasteiger partial charge in [0, 0.05) is 12.6 Å². The molecule has 1 fully saturated rings. The normalized spacial score (nSPS) is 21.0. The first-order chi connectivity index (χ1) is 14.9. The Morgan fingerprint density at radius 3 is 2.52 bits per heavy atom. The Bertz CT molecular complexity index is 1100. The highest BCUT2D eigenvalue weighted by atomic mass is 32.2. The lowest BCUT2D eigenvalue weighted by Gasteiger charge is -2.42. The Hall–Kier alpha value is -2.40. The maximum absolute atomic E-state index is 13.7. The monoisotopic (exact) mass is 437 g/mol. The summed E-state index contributed by atoms with van der Waals surface area (Å²) in [6, 6.07) is 14.6. The van der Waals surface area contributed by atoms with Crippen molar-refractivity contribution in [3.63, 3.8) is 0 Å². The summed E-state index contributed by atoms with van der Waals surface area (Å²) in [7, 11) is -3.78. The largest absolute Gasteiger partial charge is 0.298 e. The highest BCUT2D eigenvalue weighted by Crippen LogP contribution is 2.51. The second kappa shape index (κ2) is 8.62. The Balaban J connectivity index is 1.91. The van der Waals surface area contributed by atoms with Gasteiger partial charge in [0.15, 0.2) is 0 Å². The molecule has 2 aromatic carbocycles. The van der Waals surface area contributed by atoms with Gasteiger partial charge >= 0.3 is 0 Å². The van der Waals surface area contributed by atoms with Gasteiger partial charge in [-0.1, -0.05) is 62.1 Å². The van der Waals surface area contributed by atoms with Crippen LogP contribution < -0.4 is 4.31 Å². The summed E-state index contributed by atoms with van der Waals surface area (Å²) < 4.78 is 28.7. The number of sulfonamides is 1. The van der Waals surface area contributed by atoms with Crippen LogP contribution in [0, 0.1) is 6.92 Å². The van der Waals surface area contributed by atoms with Crippen molar-refractivity contribution in [1.29, 1.82) is 0 Å². The molecule has 0 N–H and O–H groups in total. The molecule has 1 aliphatic heterocycles. The lowest BCUT2D eigenvalue weighted by atomic mass is 9.65. The summed E-state index contributed by atoms with van der Waals surface area (Å²) in [5, 5.41) is 0. The number of rotatable bonds is 6. The van der Waals surface area contributed by atoms with Crippen LogP contribution in [-0.4, -0.2) is 14.2 Å². The van der Waals surface area contributed by atoms with Gasteiger partial charge in [-0.2, -0.15) is 0 Å². The Labute approximate surface area is 186 Å². The van der Waals surface area contributed by atoms with Gasteiger partial charge in [-0.3, -0.25) is 4.79 Å². The third-order valence-corrected chi connectivity index (χ3v) is 8.42. The van der Waals surface area contributed by atoms with Crippen molar-refractivity contribution in [2.24, 2.45) is 0 Å². The van der Waals surface area contributed by atoms with E-state index in [1.54, 1.807) is 18.3 Å². The topological polar surface area (TPSA) is 54.5 Å². The van der Waals surface area contributed by atoms with Gasteiger partial charge in [0.1, 0.15) is 5.78 Å². The van der Waals surface area contributed by atoms with E-state index in [0.717, 1.165) is 61.6 Å². The molecule has 0 bridgehead atoms. The van der Waals surface area contributed by atoms with E-state index in [0.29, 0.717) is 12.1 Å². The van der Waals surface area contributed by atoms with Crippen LogP contribution in [0.2, 0.25) is 0 Å². The number of allylic oxidation sites excluding steroid dienone is 1. The predicted octanol–water partition coefficient (Wildman–Crippen LogP) is 6.05. The maximum atomic E-state index is 13.7. The zero-order chi connectivity index (χ0) is 22.1. The Morgan fingerprint density at radius 1 is 1.03 bits per heavy atom. The molecule has 5 heteroatoms. The van der Waals surface area contributed by atoms with Crippen molar-refractivity contribution in [3.05, 3.63) is 71.4 Å². The summed E-state index contributed by atoms with van der Waals surface area (Å²) in [5.41, 5.74) is 2.74. The average molecular weight is 438 g/mol. The van der Waals surface area contributed by atoms with Crippen molar-refractivity contribution >= 4 is 21.5 Å². The minimum atomic E-state index is -3.78. The number of para-hydroxylation sites is 1. The van der Waals surface area contributed by atoms with Gasteiger partial charge in [0.05, 0.1) is 16.0 Å². The number of nitrogens with zero attached hydrogens (tertiary/aromatic N) is 1. The quantitative estimate of drug-likeness (QED) is 0.553. The fraction of sp³-hybridized carbons (Fsp3) is 0.423. The third-order valence-electron chi connectivity index (χ3n) is 6.73. The van der Waals surface area contributed by atoms with Crippen molar-refractivity contribution < 1.29 is 13.2 Å². The lowest BCUT2D eigenvalue weighted by molar-refractivity contribution is -0.123. The maximum Gasteiger partial charge on any atom is 0.268 e. The zero-order valence-electron chi connectivity index (χ0n) is 18.4. The number of benzene rings is 2. The summed E-state index contributed by atoms with van der Waals surface area (Å²) in [4.78, 5) is 14.0. The molecular weight excluding hydrogens is 406 g/mol. The first kappa shape index (κ1) is 21.8. The van der Waals surface area contributed by atoms with Gasteiger partial charge < -0.3 is 0 Å². The SMILES string of the molecule is CCCCC(=O)C12CCCCCC1=CN(S(=O)(=O)c1ccc(C)cc1)c1ccccc12. The van der Waals surface area contributed by atoms with Crippen LogP contribution in [0.3, 0.4) is 0 Å². The van der Waals surface area contributed by atoms with Crippen molar-refractivity contribution in [1.82, 2.24) is 0 Å². The molecule has 2 aliphatic rings. The van der Waals surface area contributed by atoms with E-state index in [9.17, 15) is 13.2 Å². The van der Waals surface area contributed by atoms with Crippen LogP contribution in [0.15, 0.2) is 65.2 Å². The van der Waals surface area contributed by atoms with Gasteiger partial charge in [0.2, 0.25) is 0 Å². The molecule has 1 unspecified atom stereocenters. The summed E-state index contributed by atoms with van der Waals surface area (Å²) in [6.07, 6.45) is 8.68. The summed E-state index contributed by atoms with van der Waals surface area (Å²) >= 11 is 0. The minimum absolute atomic E-state index is 0.238. The molecule has 2 aromatic rings. The van der Waals surface area contributed by atoms with E-state index in [4.69, 9.17) is 0 Å². The number of ketones is 1. The molecule has 1 aliphatic carbocycles. The van der Waals surface area contributed by atoms with E-state index in [1.165, 1.54) is 4.31 Å². The molecular formula is C26H31NO3S. The van der Waals surface area contributed by atoms with Crippen molar-refractivity contribution in [2.75, 3.05) is 4.31 Å². The van der Waals surface area contributed by atoms with Crippen LogP contribution in [0.4, 0.5) is 5.69 Å². The zero-order valence-corrected chi connectivity index (χ0v) is 19.2. The molecule has 0 aromatic heterocycles. The third kappa shape index (κ3) is 3.73. The first-order valence-corrected chi connectivity index (χ1v) is 12.8. The standard InChI is InChI=1S/C26H31NO3S/c1-3-4-13-25(28)26-18-9-5-6-10-21(26)19-27(24-12-8-7-11-23(24)26)31(29,30)22-16-14-20(2)15-17-22/h7-8,11-12,14-17,19H,3-6,9-10,13,18H2,1-2H3. The molecule has 1 heterocycles. The smallest absolute Gasteiger partial charge is 0.268 e. The molecule has 1 atom stereocenters. The van der Waals surface area contributed by atoms with E-state index >= 15 is 0 Å². The molecule has 0 saturated heterocycles. The van der Waals surface area contributed by atoms with Crippen molar-refractivity contribution in [3.8, 4) is 0 Å². The molecule has 31 heavy (non-hydrogen) atoms. The van der Waals surface area contributed by atoms with Crippen LogP contribution in [-0.2, 0) is 20.2 Å². The molecule has 164 valence electrons. The van der Waals surface area contributed by atoms with Crippen molar-refractivity contribution in [2.45, 2.75) is 75.5 Å². The lowest BCUT2D eigenvalue weighted by Crippen LogP contribution is -2.44. The number of carbonyl (C=O) groups excluding carboxylic acids is 1. The second-order valence-corrected chi connectivity index (χ2v) is 10.6. The highest BCUT2D eigenvalue weighted by Gasteiger charge is 2.48. The van der Waals surface area contributed by atoms with E-state index in [2.05, 4.69) is 6.92 Å². The minimum Gasteiger partial charge on any atom is -0.298 e. The van der Waals surface area contributed by atoms with Gasteiger partial charge in [0.25, 0.3) is 10.0 Å². The Morgan fingerprint density at radius 2 is 1.77 bits per heavy atom. The first-order valence-electron chi connectivity index (χ1n) is 11.4. The van der Waals surface area contributed by atoms with Crippen LogP contribution >= 0.6 is 0 Å². The number of hydrogen-bond acceptors (Lipinski definition) is 3. The van der Waals surface area contributed by atoms with E-state index in [1.807, 2.05) is 43.3 Å². The molecule has 4 nitrogen and oxygen atoms in total. The van der Waals surface area contributed by atoms with Crippen LogP contribution in [0.25, 0.3) is 0 Å². The average Bonchev–Trinajstić information content (AvgIpc) is 3.00. The number of fused-ring (bicyclic) bond motifs is 3. The summed E-state index contributed by atoms with van der Waals surface area (Å²) in [6.45, 7) is 4.04. The number of Topliss-reactive ketones (excluding diaryl/α,β-unsaturated/α-hetero) is 1. The van der Waals surface area contributed by atoms with E-state index in [-0.39, 0.29) is 10.7 Å². The summed E-state index contributed by atoms with van der Waals surface area (Å²) in [5.74, 6) is 0.238. The van der Waals surface area contributed by atoms with Crippen LogP contribution in [0.1, 0.15) is 69.4 Å². The molecule has 0 spiro atoms. The van der Waals surface area contributed by atoms with Gasteiger partial charge in [-0.05, 0) is 61.9 Å².